The minimum Gasteiger partial charge on any atom is -0.348 e. The number of fused-ring (bicyclic) bond motifs is 1. The van der Waals surface area contributed by atoms with Gasteiger partial charge in [-0.05, 0) is 62.1 Å². The summed E-state index contributed by atoms with van der Waals surface area (Å²) in [5, 5.41) is 3.83. The van der Waals surface area contributed by atoms with Crippen LogP contribution in [0.1, 0.15) is 40.9 Å². The number of aryl methyl sites for hydroxylation is 1. The molecule has 1 N–H and O–H groups in total. The number of benzene rings is 1. The van der Waals surface area contributed by atoms with Crippen molar-refractivity contribution in [3.63, 3.8) is 0 Å². The molecule has 0 bridgehead atoms. The summed E-state index contributed by atoms with van der Waals surface area (Å²) < 4.78 is 14.8. The summed E-state index contributed by atoms with van der Waals surface area (Å²) in [5.41, 5.74) is 0.774. The van der Waals surface area contributed by atoms with E-state index in [1.165, 1.54) is 43.1 Å². The SMILES string of the molecule is Cc1c(C(=O)NC(C2CC2)C2CC2)sc2cccc(F)c12. The first-order valence-corrected chi connectivity index (χ1v) is 8.45. The first-order valence-electron chi connectivity index (χ1n) is 7.63. The van der Waals surface area contributed by atoms with Crippen LogP contribution in [0.5, 0.6) is 0 Å². The van der Waals surface area contributed by atoms with Crippen LogP contribution in [0.2, 0.25) is 0 Å². The van der Waals surface area contributed by atoms with Gasteiger partial charge in [-0.15, -0.1) is 11.3 Å². The van der Waals surface area contributed by atoms with Crippen molar-refractivity contribution in [2.75, 3.05) is 0 Å². The molecule has 1 heterocycles. The van der Waals surface area contributed by atoms with E-state index in [1.807, 2.05) is 13.0 Å². The van der Waals surface area contributed by atoms with Crippen molar-refractivity contribution in [2.45, 2.75) is 38.6 Å². The van der Waals surface area contributed by atoms with Crippen LogP contribution in [0.25, 0.3) is 10.1 Å². The van der Waals surface area contributed by atoms with Gasteiger partial charge in [-0.25, -0.2) is 4.39 Å². The third-order valence-corrected chi connectivity index (χ3v) is 5.92. The Balaban J connectivity index is 1.64. The molecule has 21 heavy (non-hydrogen) atoms. The van der Waals surface area contributed by atoms with E-state index in [2.05, 4.69) is 5.32 Å². The molecule has 4 rings (SSSR count). The molecule has 2 saturated carbocycles. The largest absolute Gasteiger partial charge is 0.348 e. The Kier molecular flexibility index (Phi) is 3.03. The normalized spacial score (nSPS) is 18.4. The van der Waals surface area contributed by atoms with Crippen LogP contribution in [0, 0.1) is 24.6 Å². The summed E-state index contributed by atoms with van der Waals surface area (Å²) in [4.78, 5) is 13.3. The molecule has 4 heteroatoms. The van der Waals surface area contributed by atoms with Crippen LogP contribution >= 0.6 is 11.3 Å². The summed E-state index contributed by atoms with van der Waals surface area (Å²) in [6, 6.07) is 5.38. The molecule has 2 aliphatic rings. The van der Waals surface area contributed by atoms with Gasteiger partial charge < -0.3 is 5.32 Å². The van der Waals surface area contributed by atoms with Crippen LogP contribution in [0.15, 0.2) is 18.2 Å². The summed E-state index contributed by atoms with van der Waals surface area (Å²) in [6.07, 6.45) is 4.95. The van der Waals surface area contributed by atoms with Gasteiger partial charge in [-0.2, -0.15) is 0 Å². The zero-order chi connectivity index (χ0) is 14.6. The Morgan fingerprint density at radius 1 is 1.29 bits per heavy atom. The Labute approximate surface area is 127 Å². The molecule has 1 amide bonds. The van der Waals surface area contributed by atoms with Crippen molar-refractivity contribution in [1.82, 2.24) is 5.32 Å². The molecule has 110 valence electrons. The van der Waals surface area contributed by atoms with E-state index in [-0.39, 0.29) is 11.7 Å². The second kappa shape index (κ2) is 4.80. The Morgan fingerprint density at radius 3 is 2.52 bits per heavy atom. The summed E-state index contributed by atoms with van der Waals surface area (Å²) in [5.74, 6) is 1.10. The molecule has 1 aromatic carbocycles. The predicted octanol–water partition coefficient (Wildman–Crippen LogP) is 4.27. The maximum absolute atomic E-state index is 13.9. The average molecular weight is 303 g/mol. The van der Waals surface area contributed by atoms with E-state index < -0.39 is 0 Å². The van der Waals surface area contributed by atoms with Gasteiger partial charge in [-0.1, -0.05) is 6.07 Å². The van der Waals surface area contributed by atoms with Crippen molar-refractivity contribution in [3.8, 4) is 0 Å². The Morgan fingerprint density at radius 2 is 1.95 bits per heavy atom. The van der Waals surface area contributed by atoms with Gasteiger partial charge in [0.05, 0.1) is 4.88 Å². The van der Waals surface area contributed by atoms with Crippen LogP contribution in [0.3, 0.4) is 0 Å². The highest BCUT2D eigenvalue weighted by Gasteiger charge is 2.42. The zero-order valence-electron chi connectivity index (χ0n) is 12.0. The number of rotatable bonds is 4. The fourth-order valence-electron chi connectivity index (χ4n) is 3.22. The molecule has 0 unspecified atom stereocenters. The Bertz CT molecular complexity index is 703. The predicted molar refractivity (Wildman–Crippen MR) is 83.2 cm³/mol. The smallest absolute Gasteiger partial charge is 0.261 e. The average Bonchev–Trinajstić information content (AvgIpc) is 3.35. The number of amides is 1. The maximum Gasteiger partial charge on any atom is 0.261 e. The monoisotopic (exact) mass is 303 g/mol. The van der Waals surface area contributed by atoms with E-state index in [0.717, 1.165) is 10.3 Å². The van der Waals surface area contributed by atoms with Gasteiger partial charge in [0.1, 0.15) is 5.82 Å². The number of halogens is 1. The van der Waals surface area contributed by atoms with E-state index in [4.69, 9.17) is 0 Å². The minimum atomic E-state index is -0.235. The molecular formula is C17H18FNOS. The zero-order valence-corrected chi connectivity index (χ0v) is 12.8. The number of carbonyl (C=O) groups excluding carboxylic acids is 1. The van der Waals surface area contributed by atoms with E-state index >= 15 is 0 Å². The summed E-state index contributed by atoms with van der Waals surface area (Å²) in [6.45, 7) is 1.85. The third kappa shape index (κ3) is 2.35. The molecule has 2 fully saturated rings. The molecule has 2 nitrogen and oxygen atoms in total. The standard InChI is InChI=1S/C17H18FNOS/c1-9-14-12(18)3-2-4-13(14)21-16(9)17(20)19-15(10-5-6-10)11-7-8-11/h2-4,10-11,15H,5-8H2,1H3,(H,19,20). The fraction of sp³-hybridized carbons (Fsp3) is 0.471. The van der Waals surface area contributed by atoms with Crippen molar-refractivity contribution in [1.29, 1.82) is 0 Å². The van der Waals surface area contributed by atoms with Gasteiger partial charge in [0, 0.05) is 16.1 Å². The molecule has 0 saturated heterocycles. The molecule has 0 radical (unpaired) electrons. The molecule has 1 aromatic heterocycles. The number of thiophene rings is 1. The second-order valence-electron chi connectivity index (χ2n) is 6.34. The molecule has 2 aromatic rings. The lowest BCUT2D eigenvalue weighted by atomic mass is 10.1. The lowest BCUT2D eigenvalue weighted by molar-refractivity contribution is 0.0930. The van der Waals surface area contributed by atoms with Crippen LogP contribution in [-0.2, 0) is 0 Å². The number of hydrogen-bond acceptors (Lipinski definition) is 2. The van der Waals surface area contributed by atoms with Crippen LogP contribution in [0.4, 0.5) is 4.39 Å². The van der Waals surface area contributed by atoms with E-state index in [1.54, 1.807) is 6.07 Å². The molecular weight excluding hydrogens is 285 g/mol. The summed E-state index contributed by atoms with van der Waals surface area (Å²) >= 11 is 1.40. The molecule has 0 aliphatic heterocycles. The highest BCUT2D eigenvalue weighted by Crippen LogP contribution is 2.45. The first-order chi connectivity index (χ1) is 10.1. The van der Waals surface area contributed by atoms with Gasteiger partial charge in [0.2, 0.25) is 0 Å². The topological polar surface area (TPSA) is 29.1 Å². The van der Waals surface area contributed by atoms with Crippen LogP contribution in [-0.4, -0.2) is 11.9 Å². The third-order valence-electron chi connectivity index (χ3n) is 4.67. The van der Waals surface area contributed by atoms with Crippen molar-refractivity contribution in [3.05, 3.63) is 34.5 Å². The van der Waals surface area contributed by atoms with Gasteiger partial charge >= 0.3 is 0 Å². The lowest BCUT2D eigenvalue weighted by Gasteiger charge is -2.17. The molecule has 2 aliphatic carbocycles. The highest BCUT2D eigenvalue weighted by molar-refractivity contribution is 7.21. The first kappa shape index (κ1) is 13.3. The van der Waals surface area contributed by atoms with Crippen molar-refractivity contribution >= 4 is 27.3 Å². The van der Waals surface area contributed by atoms with Crippen LogP contribution < -0.4 is 5.32 Å². The van der Waals surface area contributed by atoms with Gasteiger partial charge in [0.25, 0.3) is 5.91 Å². The van der Waals surface area contributed by atoms with E-state index in [9.17, 15) is 9.18 Å². The molecule has 0 spiro atoms. The van der Waals surface area contributed by atoms with E-state index in [0.29, 0.717) is 28.1 Å². The van der Waals surface area contributed by atoms with Gasteiger partial charge in [0.15, 0.2) is 0 Å². The van der Waals surface area contributed by atoms with Crippen molar-refractivity contribution < 1.29 is 9.18 Å². The second-order valence-corrected chi connectivity index (χ2v) is 7.40. The number of hydrogen-bond donors (Lipinski definition) is 1. The highest BCUT2D eigenvalue weighted by atomic mass is 32.1. The summed E-state index contributed by atoms with van der Waals surface area (Å²) in [7, 11) is 0. The quantitative estimate of drug-likeness (QED) is 0.898. The minimum absolute atomic E-state index is 0.0168. The molecule has 0 atom stereocenters. The fourth-order valence-corrected chi connectivity index (χ4v) is 4.34. The van der Waals surface area contributed by atoms with Crippen molar-refractivity contribution in [2.24, 2.45) is 11.8 Å². The number of nitrogens with one attached hydrogen (secondary N) is 1. The maximum atomic E-state index is 13.9. The lowest BCUT2D eigenvalue weighted by Crippen LogP contribution is -2.37. The number of carbonyl (C=O) groups is 1. The van der Waals surface area contributed by atoms with Gasteiger partial charge in [-0.3, -0.25) is 4.79 Å². The Hall–Kier alpha value is -1.42.